The molecule has 0 aromatic heterocycles. The van der Waals surface area contributed by atoms with Crippen molar-refractivity contribution in [3.63, 3.8) is 0 Å². The maximum Gasteiger partial charge on any atom is 0.158 e. The summed E-state index contributed by atoms with van der Waals surface area (Å²) in [6, 6.07) is 7.16. The number of hydrogen-bond acceptors (Lipinski definition) is 2. The molecule has 0 saturated carbocycles. The minimum atomic E-state index is -1.09. The second-order valence-electron chi connectivity index (χ2n) is 4.07. The van der Waals surface area contributed by atoms with Crippen LogP contribution in [0.5, 0.6) is 0 Å². The predicted octanol–water partition coefficient (Wildman–Crippen LogP) is 2.34. The molecular weight excluding hydrogens is 236 g/mol. The molecule has 2 nitrogen and oxygen atoms in total. The average molecular weight is 247 g/mol. The topological polar surface area (TPSA) is 37.3 Å². The lowest BCUT2D eigenvalue weighted by atomic mass is 9.99. The molecular formula is C14H11ClO2. The minimum absolute atomic E-state index is 0.0548. The van der Waals surface area contributed by atoms with E-state index in [0.717, 1.165) is 5.56 Å². The summed E-state index contributed by atoms with van der Waals surface area (Å²) in [5.74, 6) is 5.75. The Hall–Kier alpha value is -1.56. The average Bonchev–Trinajstić information content (AvgIpc) is 2.62. The second kappa shape index (κ2) is 4.75. The van der Waals surface area contributed by atoms with Crippen LogP contribution < -0.4 is 0 Å². The summed E-state index contributed by atoms with van der Waals surface area (Å²) in [5.41, 5.74) is -0.248. The van der Waals surface area contributed by atoms with E-state index in [1.807, 2.05) is 12.1 Å². The molecule has 0 bridgehead atoms. The first kappa shape index (κ1) is 11.9. The molecule has 1 aliphatic rings. The van der Waals surface area contributed by atoms with Gasteiger partial charge in [-0.25, -0.2) is 0 Å². The van der Waals surface area contributed by atoms with Crippen molar-refractivity contribution >= 4 is 17.4 Å². The molecule has 0 heterocycles. The Labute approximate surface area is 105 Å². The highest BCUT2D eigenvalue weighted by Crippen LogP contribution is 2.23. The minimum Gasteiger partial charge on any atom is -0.384 e. The summed E-state index contributed by atoms with van der Waals surface area (Å²) in [7, 11) is 0. The van der Waals surface area contributed by atoms with Gasteiger partial charge in [0, 0.05) is 23.4 Å². The van der Waals surface area contributed by atoms with Gasteiger partial charge in [-0.1, -0.05) is 23.4 Å². The van der Waals surface area contributed by atoms with Gasteiger partial charge in [-0.3, -0.25) is 4.79 Å². The fourth-order valence-electron chi connectivity index (χ4n) is 1.62. The van der Waals surface area contributed by atoms with Gasteiger partial charge in [0.25, 0.3) is 0 Å². The lowest BCUT2D eigenvalue weighted by Gasteiger charge is -2.14. The molecule has 2 rings (SSSR count). The fraction of sp³-hybridized carbons (Fsp3) is 0.214. The standard InChI is InChI=1S/C14H11ClO2/c15-12-5-3-11(4-6-12)2-1-8-14(17)9-7-13(16)10-14/h3-7,9,17H,8,10H2. The zero-order valence-corrected chi connectivity index (χ0v) is 9.87. The molecule has 0 spiro atoms. The van der Waals surface area contributed by atoms with Crippen molar-refractivity contribution in [1.82, 2.24) is 0 Å². The van der Waals surface area contributed by atoms with E-state index in [-0.39, 0.29) is 18.6 Å². The lowest BCUT2D eigenvalue weighted by molar-refractivity contribution is -0.116. The van der Waals surface area contributed by atoms with Crippen molar-refractivity contribution in [2.45, 2.75) is 18.4 Å². The molecule has 1 atom stereocenters. The van der Waals surface area contributed by atoms with Crippen molar-refractivity contribution in [3.8, 4) is 11.8 Å². The van der Waals surface area contributed by atoms with Gasteiger partial charge in [0.1, 0.15) is 5.60 Å². The molecule has 1 aliphatic carbocycles. The Morgan fingerprint density at radius 2 is 2.06 bits per heavy atom. The van der Waals surface area contributed by atoms with Crippen LogP contribution >= 0.6 is 11.6 Å². The van der Waals surface area contributed by atoms with Crippen LogP contribution in [0, 0.1) is 11.8 Å². The summed E-state index contributed by atoms with van der Waals surface area (Å²) >= 11 is 5.75. The van der Waals surface area contributed by atoms with E-state index in [1.165, 1.54) is 12.2 Å². The van der Waals surface area contributed by atoms with Gasteiger partial charge in [0.2, 0.25) is 0 Å². The first-order valence-electron chi connectivity index (χ1n) is 5.26. The summed E-state index contributed by atoms with van der Waals surface area (Å²) in [6.45, 7) is 0. The van der Waals surface area contributed by atoms with Gasteiger partial charge >= 0.3 is 0 Å². The first-order chi connectivity index (χ1) is 8.07. The Morgan fingerprint density at radius 1 is 1.35 bits per heavy atom. The SMILES string of the molecule is O=C1C=CC(O)(CC#Cc2ccc(Cl)cc2)C1. The Balaban J connectivity index is 2.01. The van der Waals surface area contributed by atoms with E-state index in [9.17, 15) is 9.90 Å². The second-order valence-corrected chi connectivity index (χ2v) is 4.50. The van der Waals surface area contributed by atoms with Crippen LogP contribution in [0.1, 0.15) is 18.4 Å². The van der Waals surface area contributed by atoms with Crippen LogP contribution in [0.3, 0.4) is 0 Å². The third-order valence-corrected chi connectivity index (χ3v) is 2.78. The van der Waals surface area contributed by atoms with Crippen molar-refractivity contribution in [3.05, 3.63) is 47.0 Å². The Kier molecular flexibility index (Phi) is 3.33. The van der Waals surface area contributed by atoms with E-state index in [2.05, 4.69) is 11.8 Å². The normalized spacial score (nSPS) is 22.4. The van der Waals surface area contributed by atoms with Crippen molar-refractivity contribution < 1.29 is 9.90 Å². The molecule has 1 aromatic rings. The molecule has 0 fully saturated rings. The number of carbonyl (C=O) groups is 1. The first-order valence-corrected chi connectivity index (χ1v) is 5.64. The molecule has 1 aromatic carbocycles. The molecule has 17 heavy (non-hydrogen) atoms. The summed E-state index contributed by atoms with van der Waals surface area (Å²) < 4.78 is 0. The quantitative estimate of drug-likeness (QED) is 0.773. The number of carbonyl (C=O) groups excluding carboxylic acids is 1. The highest BCUT2D eigenvalue weighted by Gasteiger charge is 2.30. The van der Waals surface area contributed by atoms with Gasteiger partial charge in [0.15, 0.2) is 5.78 Å². The van der Waals surface area contributed by atoms with Gasteiger partial charge < -0.3 is 5.11 Å². The molecule has 0 radical (unpaired) electrons. The summed E-state index contributed by atoms with van der Waals surface area (Å²) in [5, 5.41) is 10.6. The van der Waals surface area contributed by atoms with Crippen molar-refractivity contribution in [2.75, 3.05) is 0 Å². The van der Waals surface area contributed by atoms with Crippen LogP contribution in [0.2, 0.25) is 5.02 Å². The van der Waals surface area contributed by atoms with Crippen LogP contribution in [0.4, 0.5) is 0 Å². The van der Waals surface area contributed by atoms with Crippen LogP contribution in [0.15, 0.2) is 36.4 Å². The number of benzene rings is 1. The monoisotopic (exact) mass is 246 g/mol. The largest absolute Gasteiger partial charge is 0.384 e. The van der Waals surface area contributed by atoms with Gasteiger partial charge in [0.05, 0.1) is 0 Å². The molecule has 86 valence electrons. The third kappa shape index (κ3) is 3.20. The molecule has 1 N–H and O–H groups in total. The van der Waals surface area contributed by atoms with Gasteiger partial charge in [-0.15, -0.1) is 0 Å². The summed E-state index contributed by atoms with van der Waals surface area (Å²) in [6.07, 6.45) is 3.32. The number of hydrogen-bond donors (Lipinski definition) is 1. The van der Waals surface area contributed by atoms with Crippen LogP contribution in [-0.2, 0) is 4.79 Å². The zero-order valence-electron chi connectivity index (χ0n) is 9.11. The van der Waals surface area contributed by atoms with Gasteiger partial charge in [-0.2, -0.15) is 0 Å². The smallest absolute Gasteiger partial charge is 0.158 e. The molecule has 1 unspecified atom stereocenters. The Morgan fingerprint density at radius 3 is 2.65 bits per heavy atom. The van der Waals surface area contributed by atoms with Crippen molar-refractivity contribution in [1.29, 1.82) is 0 Å². The van der Waals surface area contributed by atoms with Crippen LogP contribution in [-0.4, -0.2) is 16.5 Å². The third-order valence-electron chi connectivity index (χ3n) is 2.53. The molecule has 3 heteroatoms. The Bertz CT molecular complexity index is 519. The van der Waals surface area contributed by atoms with Crippen molar-refractivity contribution in [2.24, 2.45) is 0 Å². The fourth-order valence-corrected chi connectivity index (χ4v) is 1.75. The van der Waals surface area contributed by atoms with E-state index in [4.69, 9.17) is 11.6 Å². The number of aliphatic hydroxyl groups is 1. The molecule has 0 aliphatic heterocycles. The maximum absolute atomic E-state index is 11.0. The van der Waals surface area contributed by atoms with E-state index in [0.29, 0.717) is 5.02 Å². The van der Waals surface area contributed by atoms with Crippen LogP contribution in [0.25, 0.3) is 0 Å². The highest BCUT2D eigenvalue weighted by molar-refractivity contribution is 6.30. The molecule has 0 amide bonds. The maximum atomic E-state index is 11.0. The molecule has 0 saturated heterocycles. The summed E-state index contributed by atoms with van der Waals surface area (Å²) in [4.78, 5) is 11.0. The number of rotatable bonds is 1. The highest BCUT2D eigenvalue weighted by atomic mass is 35.5. The number of ketones is 1. The predicted molar refractivity (Wildman–Crippen MR) is 66.7 cm³/mol. The number of halogens is 1. The van der Waals surface area contributed by atoms with E-state index < -0.39 is 5.60 Å². The van der Waals surface area contributed by atoms with Gasteiger partial charge in [-0.05, 0) is 36.4 Å². The lowest BCUT2D eigenvalue weighted by Crippen LogP contribution is -2.23. The van der Waals surface area contributed by atoms with E-state index >= 15 is 0 Å². The van der Waals surface area contributed by atoms with E-state index in [1.54, 1.807) is 12.1 Å². The zero-order chi connectivity index (χ0) is 12.3. The number of allylic oxidation sites excluding steroid dienone is 1.